The van der Waals surface area contributed by atoms with Gasteiger partial charge < -0.3 is 4.90 Å². The van der Waals surface area contributed by atoms with E-state index < -0.39 is 0 Å². The van der Waals surface area contributed by atoms with Crippen LogP contribution in [0, 0.1) is 3.57 Å². The molecule has 2 rings (SSSR count). The van der Waals surface area contributed by atoms with Crippen molar-refractivity contribution in [3.05, 3.63) is 62.2 Å². The number of ketones is 1. The number of halogens is 2. The molecule has 0 heterocycles. The van der Waals surface area contributed by atoms with Crippen LogP contribution in [0.4, 0.5) is 5.69 Å². The van der Waals surface area contributed by atoms with Gasteiger partial charge in [-0.05, 0) is 65.1 Å². The van der Waals surface area contributed by atoms with Crippen molar-refractivity contribution in [3.8, 4) is 0 Å². The number of carbonyl (C=O) groups excluding carboxylic acids is 2. The summed E-state index contributed by atoms with van der Waals surface area (Å²) in [6.45, 7) is 0. The fourth-order valence-corrected chi connectivity index (χ4v) is 2.49. The molecule has 0 atom stereocenters. The minimum Gasteiger partial charge on any atom is -0.318 e. The summed E-state index contributed by atoms with van der Waals surface area (Å²) in [5.74, 6) is -0.0859. The third kappa shape index (κ3) is 3.19. The van der Waals surface area contributed by atoms with E-state index in [2.05, 4.69) is 22.6 Å². The minimum atomic E-state index is -0.0859. The molecule has 0 fully saturated rings. The molecule has 5 heteroatoms. The van der Waals surface area contributed by atoms with Gasteiger partial charge in [0, 0.05) is 32.5 Å². The van der Waals surface area contributed by atoms with E-state index in [9.17, 15) is 9.59 Å². The van der Waals surface area contributed by atoms with Gasteiger partial charge in [-0.1, -0.05) is 11.6 Å². The zero-order valence-electron chi connectivity index (χ0n) is 10.6. The summed E-state index contributed by atoms with van der Waals surface area (Å²) in [6, 6.07) is 12.1. The number of carbonyl (C=O) groups is 2. The van der Waals surface area contributed by atoms with Crippen molar-refractivity contribution >= 4 is 52.1 Å². The van der Waals surface area contributed by atoms with Crippen LogP contribution >= 0.6 is 34.2 Å². The topological polar surface area (TPSA) is 37.4 Å². The van der Waals surface area contributed by atoms with E-state index in [1.807, 2.05) is 6.07 Å². The Kier molecular flexibility index (Phi) is 4.77. The van der Waals surface area contributed by atoms with Gasteiger partial charge in [0.25, 0.3) is 0 Å². The van der Waals surface area contributed by atoms with Crippen molar-refractivity contribution in [2.24, 2.45) is 0 Å². The molecule has 0 unspecified atom stereocenters. The number of hydrogen-bond acceptors (Lipinski definition) is 2. The first-order chi connectivity index (χ1) is 9.52. The molecular weight excluding hydrogens is 389 g/mol. The molecule has 2 aromatic carbocycles. The first-order valence-corrected chi connectivity index (χ1v) is 7.26. The van der Waals surface area contributed by atoms with Crippen LogP contribution in [0.15, 0.2) is 42.5 Å². The van der Waals surface area contributed by atoms with Crippen molar-refractivity contribution in [2.75, 3.05) is 11.9 Å². The van der Waals surface area contributed by atoms with Crippen LogP contribution in [-0.4, -0.2) is 19.2 Å². The van der Waals surface area contributed by atoms with E-state index in [4.69, 9.17) is 11.6 Å². The van der Waals surface area contributed by atoms with Crippen LogP contribution < -0.4 is 4.90 Å². The number of nitrogens with zero attached hydrogens (tertiary/aromatic N) is 1. The zero-order chi connectivity index (χ0) is 14.7. The minimum absolute atomic E-state index is 0.0859. The summed E-state index contributed by atoms with van der Waals surface area (Å²) in [6.07, 6.45) is 0.719. The standard InChI is InChI=1S/C15H11ClINO2/c1-18(9-19)12-5-2-10(3-6-12)15(20)13-8-11(16)4-7-14(13)17/h2-9H,1H3. The molecule has 20 heavy (non-hydrogen) atoms. The molecule has 1 amide bonds. The van der Waals surface area contributed by atoms with Crippen molar-refractivity contribution in [2.45, 2.75) is 0 Å². The van der Waals surface area contributed by atoms with Gasteiger partial charge in [0.05, 0.1) is 0 Å². The van der Waals surface area contributed by atoms with Crippen molar-refractivity contribution in [1.82, 2.24) is 0 Å². The van der Waals surface area contributed by atoms with E-state index in [1.165, 1.54) is 4.90 Å². The smallest absolute Gasteiger partial charge is 0.213 e. The summed E-state index contributed by atoms with van der Waals surface area (Å²) in [5, 5.41) is 0.533. The number of hydrogen-bond donors (Lipinski definition) is 0. The van der Waals surface area contributed by atoms with Gasteiger partial charge in [-0.15, -0.1) is 0 Å². The molecule has 0 aromatic heterocycles. The second kappa shape index (κ2) is 6.37. The number of amides is 1. The Morgan fingerprint density at radius 2 is 1.85 bits per heavy atom. The summed E-state index contributed by atoms with van der Waals surface area (Å²) in [7, 11) is 1.66. The van der Waals surface area contributed by atoms with Crippen LogP contribution in [0.3, 0.4) is 0 Å². The first-order valence-electron chi connectivity index (χ1n) is 5.81. The lowest BCUT2D eigenvalue weighted by Crippen LogP contribution is -2.13. The summed E-state index contributed by atoms with van der Waals surface area (Å²) >= 11 is 8.04. The van der Waals surface area contributed by atoms with Crippen LogP contribution in [0.25, 0.3) is 0 Å². The van der Waals surface area contributed by atoms with Gasteiger partial charge in [0.1, 0.15) is 0 Å². The van der Waals surface area contributed by atoms with Crippen molar-refractivity contribution < 1.29 is 9.59 Å². The molecule has 0 aliphatic carbocycles. The molecule has 0 spiro atoms. The van der Waals surface area contributed by atoms with Gasteiger partial charge >= 0.3 is 0 Å². The maximum Gasteiger partial charge on any atom is 0.213 e. The Morgan fingerprint density at radius 1 is 1.20 bits per heavy atom. The Balaban J connectivity index is 2.34. The maximum absolute atomic E-state index is 12.4. The van der Waals surface area contributed by atoms with Crippen LogP contribution in [0.5, 0.6) is 0 Å². The second-order valence-electron chi connectivity index (χ2n) is 4.22. The Bertz CT molecular complexity index is 655. The first kappa shape index (κ1) is 15.0. The van der Waals surface area contributed by atoms with E-state index in [1.54, 1.807) is 43.4 Å². The fourth-order valence-electron chi connectivity index (χ4n) is 1.74. The Hall–Kier alpha value is -1.40. The average Bonchev–Trinajstić information content (AvgIpc) is 2.48. The highest BCUT2D eigenvalue weighted by atomic mass is 127. The maximum atomic E-state index is 12.4. The largest absolute Gasteiger partial charge is 0.318 e. The molecule has 0 saturated carbocycles. The Labute approximate surface area is 135 Å². The number of benzene rings is 2. The van der Waals surface area contributed by atoms with Crippen molar-refractivity contribution in [3.63, 3.8) is 0 Å². The molecular formula is C15H11ClINO2. The van der Waals surface area contributed by atoms with Crippen LogP contribution in [0.1, 0.15) is 15.9 Å². The van der Waals surface area contributed by atoms with Gasteiger partial charge in [0.15, 0.2) is 5.78 Å². The molecule has 0 aliphatic heterocycles. The highest BCUT2D eigenvalue weighted by Crippen LogP contribution is 2.22. The lowest BCUT2D eigenvalue weighted by atomic mass is 10.0. The molecule has 102 valence electrons. The predicted molar refractivity (Wildman–Crippen MR) is 88.5 cm³/mol. The quantitative estimate of drug-likeness (QED) is 0.446. The van der Waals surface area contributed by atoms with Crippen LogP contribution in [0.2, 0.25) is 5.02 Å². The van der Waals surface area contributed by atoms with Gasteiger partial charge in [-0.2, -0.15) is 0 Å². The van der Waals surface area contributed by atoms with E-state index in [0.717, 1.165) is 15.7 Å². The molecule has 2 aromatic rings. The molecule has 0 saturated heterocycles. The summed E-state index contributed by atoms with van der Waals surface area (Å²) in [4.78, 5) is 24.5. The van der Waals surface area contributed by atoms with Crippen molar-refractivity contribution in [1.29, 1.82) is 0 Å². The Morgan fingerprint density at radius 3 is 2.45 bits per heavy atom. The number of anilines is 1. The SMILES string of the molecule is CN(C=O)c1ccc(C(=O)c2cc(Cl)ccc2I)cc1. The third-order valence-electron chi connectivity index (χ3n) is 2.87. The van der Waals surface area contributed by atoms with Gasteiger partial charge in [0.2, 0.25) is 6.41 Å². The molecule has 0 radical (unpaired) electrons. The summed E-state index contributed by atoms with van der Waals surface area (Å²) < 4.78 is 0.853. The van der Waals surface area contributed by atoms with Crippen LogP contribution in [-0.2, 0) is 4.79 Å². The normalized spacial score (nSPS) is 10.2. The monoisotopic (exact) mass is 399 g/mol. The predicted octanol–water partition coefficient (Wildman–Crippen LogP) is 3.77. The van der Waals surface area contributed by atoms with E-state index >= 15 is 0 Å². The lowest BCUT2D eigenvalue weighted by molar-refractivity contribution is -0.107. The summed E-state index contributed by atoms with van der Waals surface area (Å²) in [5.41, 5.74) is 1.88. The molecule has 0 aliphatic rings. The molecule has 3 nitrogen and oxygen atoms in total. The highest BCUT2D eigenvalue weighted by molar-refractivity contribution is 14.1. The van der Waals surface area contributed by atoms with E-state index in [-0.39, 0.29) is 5.78 Å². The second-order valence-corrected chi connectivity index (χ2v) is 5.82. The zero-order valence-corrected chi connectivity index (χ0v) is 13.6. The lowest BCUT2D eigenvalue weighted by Gasteiger charge is -2.11. The van der Waals surface area contributed by atoms with Gasteiger partial charge in [-0.3, -0.25) is 9.59 Å². The molecule has 0 N–H and O–H groups in total. The third-order valence-corrected chi connectivity index (χ3v) is 4.04. The fraction of sp³-hybridized carbons (Fsp3) is 0.0667. The van der Waals surface area contributed by atoms with E-state index in [0.29, 0.717) is 16.1 Å². The average molecular weight is 400 g/mol. The number of rotatable bonds is 4. The van der Waals surface area contributed by atoms with Gasteiger partial charge in [-0.25, -0.2) is 0 Å². The molecule has 0 bridgehead atoms. The highest BCUT2D eigenvalue weighted by Gasteiger charge is 2.13.